The van der Waals surface area contributed by atoms with Crippen molar-refractivity contribution in [2.75, 3.05) is 28.3 Å². The summed E-state index contributed by atoms with van der Waals surface area (Å²) in [7, 11) is 7.01. The second-order valence-corrected chi connectivity index (χ2v) is 7.35. The molecule has 4 rings (SSSR count). The van der Waals surface area contributed by atoms with Crippen molar-refractivity contribution >= 4 is 27.9 Å². The van der Waals surface area contributed by atoms with Gasteiger partial charge in [0.05, 0.1) is 16.7 Å². The largest absolute Gasteiger partial charge is 0.356 e. The molecule has 1 aromatic rings. The molecule has 0 aromatic carbocycles. The van der Waals surface area contributed by atoms with E-state index in [9.17, 15) is 9.59 Å². The number of amides is 3. The van der Waals surface area contributed by atoms with Crippen LogP contribution in [0.2, 0.25) is 0 Å². The first-order chi connectivity index (χ1) is 10.8. The highest BCUT2D eigenvalue weighted by Gasteiger charge is 2.68. The monoisotopic (exact) mass is 382 g/mol. The standard InChI is InChI=1S/C15H19BrN4O3/c1-17-11-9(20-8(13(17)21)5-6-10(20)16)7-15(23-4)12(11)18(2)14(22)19(15)3/h5-6,9,11-12H,7H2,1-4H3/t9-,11-,12+,15+/m1/s1. The van der Waals surface area contributed by atoms with Crippen LogP contribution >= 0.6 is 15.9 Å². The Hall–Kier alpha value is -1.54. The average molecular weight is 383 g/mol. The average Bonchev–Trinajstić information content (AvgIpc) is 3.13. The van der Waals surface area contributed by atoms with E-state index in [2.05, 4.69) is 15.9 Å². The van der Waals surface area contributed by atoms with Crippen LogP contribution in [0.4, 0.5) is 4.79 Å². The zero-order valence-corrected chi connectivity index (χ0v) is 15.1. The fourth-order valence-electron chi connectivity index (χ4n) is 4.71. The van der Waals surface area contributed by atoms with Crippen molar-refractivity contribution in [1.82, 2.24) is 19.3 Å². The maximum atomic E-state index is 12.7. The normalized spacial score (nSPS) is 35.7. The number of rotatable bonds is 1. The van der Waals surface area contributed by atoms with Gasteiger partial charge in [0.15, 0.2) is 5.72 Å². The summed E-state index contributed by atoms with van der Waals surface area (Å²) in [5, 5.41) is 0. The van der Waals surface area contributed by atoms with Gasteiger partial charge in [0.1, 0.15) is 11.7 Å². The summed E-state index contributed by atoms with van der Waals surface area (Å²) < 4.78 is 8.80. The second-order valence-electron chi connectivity index (χ2n) is 6.54. The highest BCUT2D eigenvalue weighted by molar-refractivity contribution is 9.10. The molecule has 1 aliphatic carbocycles. The summed E-state index contributed by atoms with van der Waals surface area (Å²) in [5.74, 6) is -0.0285. The first kappa shape index (κ1) is 15.0. The zero-order valence-electron chi connectivity index (χ0n) is 13.5. The van der Waals surface area contributed by atoms with Crippen LogP contribution in [0.5, 0.6) is 0 Å². The highest BCUT2D eigenvalue weighted by atomic mass is 79.9. The molecule has 0 unspecified atom stereocenters. The van der Waals surface area contributed by atoms with Crippen LogP contribution in [0.25, 0.3) is 0 Å². The smallest absolute Gasteiger partial charge is 0.322 e. The Morgan fingerprint density at radius 1 is 1.22 bits per heavy atom. The molecule has 1 saturated carbocycles. The molecule has 0 N–H and O–H groups in total. The molecular weight excluding hydrogens is 364 g/mol. The minimum absolute atomic E-state index is 0.0285. The van der Waals surface area contributed by atoms with E-state index in [0.29, 0.717) is 12.1 Å². The quantitative estimate of drug-likeness (QED) is 0.736. The van der Waals surface area contributed by atoms with Crippen LogP contribution in [-0.2, 0) is 4.74 Å². The molecule has 0 radical (unpaired) electrons. The lowest BCUT2D eigenvalue weighted by Gasteiger charge is -2.40. The number of halogens is 1. The molecule has 124 valence electrons. The van der Waals surface area contributed by atoms with Gasteiger partial charge in [-0.1, -0.05) is 0 Å². The van der Waals surface area contributed by atoms with Crippen LogP contribution in [0.15, 0.2) is 16.7 Å². The molecule has 0 bridgehead atoms. The number of hydrogen-bond donors (Lipinski definition) is 0. The summed E-state index contributed by atoms with van der Waals surface area (Å²) in [6.07, 6.45) is 0.642. The molecule has 1 saturated heterocycles. The van der Waals surface area contributed by atoms with Crippen molar-refractivity contribution in [1.29, 1.82) is 0 Å². The predicted octanol–water partition coefficient (Wildman–Crippen LogP) is 1.36. The van der Waals surface area contributed by atoms with Gasteiger partial charge >= 0.3 is 6.03 Å². The first-order valence-corrected chi connectivity index (χ1v) is 8.34. The first-order valence-electron chi connectivity index (χ1n) is 7.55. The number of carbonyl (C=O) groups excluding carboxylic acids is 2. The number of aromatic nitrogens is 1. The van der Waals surface area contributed by atoms with Crippen molar-refractivity contribution in [3.05, 3.63) is 22.4 Å². The molecule has 1 aromatic heterocycles. The lowest BCUT2D eigenvalue weighted by atomic mass is 10.0. The van der Waals surface area contributed by atoms with Crippen molar-refractivity contribution in [3.63, 3.8) is 0 Å². The predicted molar refractivity (Wildman–Crippen MR) is 86.1 cm³/mol. The molecular formula is C15H19BrN4O3. The molecule has 8 heteroatoms. The van der Waals surface area contributed by atoms with Gasteiger partial charge in [-0.05, 0) is 28.1 Å². The number of nitrogens with zero attached hydrogens (tertiary/aromatic N) is 4. The number of fused-ring (bicyclic) bond motifs is 5. The maximum Gasteiger partial charge on any atom is 0.322 e. The third kappa shape index (κ3) is 1.53. The Balaban J connectivity index is 1.91. The summed E-state index contributed by atoms with van der Waals surface area (Å²) in [5.41, 5.74) is -0.0513. The van der Waals surface area contributed by atoms with Gasteiger partial charge in [-0.15, -0.1) is 0 Å². The Morgan fingerprint density at radius 2 is 1.91 bits per heavy atom. The Labute approximate surface area is 142 Å². The van der Waals surface area contributed by atoms with Crippen LogP contribution in [-0.4, -0.2) is 77.3 Å². The van der Waals surface area contributed by atoms with Crippen LogP contribution in [0, 0.1) is 0 Å². The van der Waals surface area contributed by atoms with Gasteiger partial charge in [-0.2, -0.15) is 0 Å². The zero-order chi connectivity index (χ0) is 16.7. The topological polar surface area (TPSA) is 58.0 Å². The van der Waals surface area contributed by atoms with E-state index in [1.807, 2.05) is 23.7 Å². The second kappa shape index (κ2) is 4.51. The number of urea groups is 1. The molecule has 7 nitrogen and oxygen atoms in total. The Bertz CT molecular complexity index is 720. The van der Waals surface area contributed by atoms with E-state index in [1.165, 1.54) is 0 Å². The molecule has 2 aliphatic heterocycles. The van der Waals surface area contributed by atoms with E-state index < -0.39 is 5.72 Å². The van der Waals surface area contributed by atoms with Crippen LogP contribution < -0.4 is 0 Å². The van der Waals surface area contributed by atoms with Crippen molar-refractivity contribution in [3.8, 4) is 0 Å². The molecule has 3 aliphatic rings. The van der Waals surface area contributed by atoms with Crippen LogP contribution in [0.3, 0.4) is 0 Å². The highest BCUT2D eigenvalue weighted by Crippen LogP contribution is 2.52. The molecule has 23 heavy (non-hydrogen) atoms. The molecule has 3 amide bonds. The van der Waals surface area contributed by atoms with Gasteiger partial charge < -0.3 is 19.1 Å². The van der Waals surface area contributed by atoms with Crippen molar-refractivity contribution < 1.29 is 14.3 Å². The molecule has 4 atom stereocenters. The fourth-order valence-corrected chi connectivity index (χ4v) is 5.29. The summed E-state index contributed by atoms with van der Waals surface area (Å²) in [6.45, 7) is 0. The van der Waals surface area contributed by atoms with Gasteiger partial charge in [0, 0.05) is 34.7 Å². The maximum absolute atomic E-state index is 12.7. The van der Waals surface area contributed by atoms with Gasteiger partial charge in [0.25, 0.3) is 5.91 Å². The summed E-state index contributed by atoms with van der Waals surface area (Å²) >= 11 is 3.55. The number of hydrogen-bond acceptors (Lipinski definition) is 3. The Morgan fingerprint density at radius 3 is 2.57 bits per heavy atom. The summed E-state index contributed by atoms with van der Waals surface area (Å²) in [6, 6.07) is 3.39. The fraction of sp³-hybridized carbons (Fsp3) is 0.600. The number of likely N-dealkylation sites (N-methyl/N-ethyl adjacent to an activating group) is 3. The minimum atomic E-state index is -0.721. The van der Waals surface area contributed by atoms with E-state index in [-0.39, 0.29) is 30.1 Å². The molecule has 2 fully saturated rings. The van der Waals surface area contributed by atoms with E-state index in [0.717, 1.165) is 4.60 Å². The van der Waals surface area contributed by atoms with Crippen LogP contribution in [0.1, 0.15) is 23.0 Å². The van der Waals surface area contributed by atoms with Crippen molar-refractivity contribution in [2.24, 2.45) is 0 Å². The number of carbonyl (C=O) groups is 2. The number of methoxy groups -OCH3 is 1. The van der Waals surface area contributed by atoms with E-state index >= 15 is 0 Å². The van der Waals surface area contributed by atoms with E-state index in [4.69, 9.17) is 4.74 Å². The SMILES string of the molecule is CO[C@@]12C[C@@H]3[C@H]([C@@H]1N(C)C(=O)N2C)N(C)C(=O)c1ccc(Br)n13. The third-order valence-corrected chi connectivity index (χ3v) is 6.44. The number of ether oxygens (including phenoxy) is 1. The Kier molecular flexibility index (Phi) is 2.94. The van der Waals surface area contributed by atoms with E-state index in [1.54, 1.807) is 35.9 Å². The van der Waals surface area contributed by atoms with Gasteiger partial charge in [-0.3, -0.25) is 9.69 Å². The lowest BCUT2D eigenvalue weighted by molar-refractivity contribution is -0.0993. The van der Waals surface area contributed by atoms with Gasteiger partial charge in [0.2, 0.25) is 0 Å². The third-order valence-electron chi connectivity index (χ3n) is 5.80. The minimum Gasteiger partial charge on any atom is -0.356 e. The molecule has 0 spiro atoms. The van der Waals surface area contributed by atoms with Crippen molar-refractivity contribution in [2.45, 2.75) is 30.3 Å². The van der Waals surface area contributed by atoms with Gasteiger partial charge in [-0.25, -0.2) is 4.79 Å². The lowest BCUT2D eigenvalue weighted by Crippen LogP contribution is -2.57. The summed E-state index contributed by atoms with van der Waals surface area (Å²) in [4.78, 5) is 30.4. The molecule has 3 heterocycles.